The summed E-state index contributed by atoms with van der Waals surface area (Å²) in [5, 5.41) is 0. The largest absolute Gasteiger partial charge is 0.463 e. The van der Waals surface area contributed by atoms with Crippen LogP contribution in [0.2, 0.25) is 0 Å². The first-order chi connectivity index (χ1) is 15.5. The van der Waals surface area contributed by atoms with Gasteiger partial charge in [-0.25, -0.2) is 0 Å². The molecule has 0 radical (unpaired) electrons. The molecule has 0 spiro atoms. The van der Waals surface area contributed by atoms with Gasteiger partial charge in [0.25, 0.3) is 0 Å². The Kier molecular flexibility index (Phi) is 7.01. The van der Waals surface area contributed by atoms with Gasteiger partial charge in [0.2, 0.25) is 11.8 Å². The van der Waals surface area contributed by atoms with Crippen molar-refractivity contribution in [1.29, 1.82) is 0 Å². The zero-order chi connectivity index (χ0) is 24.4. The molecule has 1 aromatic carbocycles. The summed E-state index contributed by atoms with van der Waals surface area (Å²) in [7, 11) is 0. The van der Waals surface area contributed by atoms with E-state index in [0.717, 1.165) is 0 Å². The van der Waals surface area contributed by atoms with Crippen LogP contribution in [0.4, 0.5) is 11.4 Å². The lowest BCUT2D eigenvalue weighted by Gasteiger charge is -2.54. The van der Waals surface area contributed by atoms with Crippen molar-refractivity contribution >= 4 is 41.1 Å². The van der Waals surface area contributed by atoms with Crippen LogP contribution in [-0.4, -0.2) is 66.9 Å². The van der Waals surface area contributed by atoms with E-state index in [2.05, 4.69) is 0 Å². The van der Waals surface area contributed by atoms with E-state index in [9.17, 15) is 24.0 Å². The molecule has 1 saturated heterocycles. The minimum absolute atomic E-state index is 0.332. The lowest BCUT2D eigenvalue weighted by atomic mass is 9.90. The lowest BCUT2D eigenvalue weighted by molar-refractivity contribution is -0.221. The third-order valence-electron chi connectivity index (χ3n) is 5.32. The number of esters is 3. The fraction of sp³-hybridized carbons (Fsp3) is 0.500. The average molecular weight is 462 g/mol. The molecular formula is C22H26N2O9. The maximum absolute atomic E-state index is 12.8. The van der Waals surface area contributed by atoms with Crippen molar-refractivity contribution in [3.63, 3.8) is 0 Å². The highest BCUT2D eigenvalue weighted by molar-refractivity contribution is 6.04. The molecule has 0 bridgehead atoms. The van der Waals surface area contributed by atoms with E-state index in [-0.39, 0.29) is 12.5 Å². The summed E-state index contributed by atoms with van der Waals surface area (Å²) < 4.78 is 22.2. The number of nitrogens with zero attached hydrogens (tertiary/aromatic N) is 2. The molecule has 0 aromatic heterocycles. The Morgan fingerprint density at radius 2 is 1.30 bits per heavy atom. The molecule has 178 valence electrons. The van der Waals surface area contributed by atoms with Crippen LogP contribution >= 0.6 is 0 Å². The van der Waals surface area contributed by atoms with Crippen molar-refractivity contribution in [3.05, 3.63) is 24.3 Å². The molecule has 0 N–H and O–H groups in total. The molecule has 2 aliphatic heterocycles. The van der Waals surface area contributed by atoms with E-state index in [1.54, 1.807) is 24.3 Å². The van der Waals surface area contributed by atoms with Crippen LogP contribution in [0.15, 0.2) is 24.3 Å². The van der Waals surface area contributed by atoms with Gasteiger partial charge in [-0.3, -0.25) is 33.8 Å². The summed E-state index contributed by atoms with van der Waals surface area (Å²) in [6, 6.07) is 5.68. The number of hydrogen-bond donors (Lipinski definition) is 0. The Bertz CT molecular complexity index is 978. The first-order valence-corrected chi connectivity index (χ1v) is 10.3. The van der Waals surface area contributed by atoms with E-state index in [1.807, 2.05) is 0 Å². The van der Waals surface area contributed by atoms with Crippen LogP contribution in [0, 0.1) is 0 Å². The minimum Gasteiger partial charge on any atom is -0.463 e. The van der Waals surface area contributed by atoms with Crippen molar-refractivity contribution in [1.82, 2.24) is 0 Å². The maximum Gasteiger partial charge on any atom is 0.303 e. The van der Waals surface area contributed by atoms with Crippen molar-refractivity contribution in [2.24, 2.45) is 0 Å². The minimum atomic E-state index is -1.22. The first-order valence-electron chi connectivity index (χ1n) is 10.3. The Morgan fingerprint density at radius 3 is 1.79 bits per heavy atom. The second kappa shape index (κ2) is 9.57. The quantitative estimate of drug-likeness (QED) is 0.474. The van der Waals surface area contributed by atoms with Crippen LogP contribution < -0.4 is 9.80 Å². The maximum atomic E-state index is 12.8. The zero-order valence-electron chi connectivity index (χ0n) is 19.0. The van der Waals surface area contributed by atoms with E-state index >= 15 is 0 Å². The summed E-state index contributed by atoms with van der Waals surface area (Å²) in [6.45, 7) is 5.87. The molecule has 11 heteroatoms. The third-order valence-corrected chi connectivity index (χ3v) is 5.32. The molecule has 2 heterocycles. The van der Waals surface area contributed by atoms with Gasteiger partial charge in [0, 0.05) is 34.6 Å². The molecule has 5 atom stereocenters. The number of benzene rings is 1. The van der Waals surface area contributed by atoms with Crippen molar-refractivity contribution in [2.45, 2.75) is 65.2 Å². The number of anilines is 2. The van der Waals surface area contributed by atoms with Crippen LogP contribution in [0.25, 0.3) is 0 Å². The van der Waals surface area contributed by atoms with Crippen molar-refractivity contribution < 1.29 is 42.9 Å². The Morgan fingerprint density at radius 1 is 0.788 bits per heavy atom. The highest BCUT2D eigenvalue weighted by Gasteiger charge is 2.58. The van der Waals surface area contributed by atoms with Crippen LogP contribution in [0.1, 0.15) is 34.6 Å². The van der Waals surface area contributed by atoms with Gasteiger partial charge in [-0.05, 0) is 12.1 Å². The Hall–Kier alpha value is -3.47. The number of hydrogen-bond acceptors (Lipinski definition) is 9. The average Bonchev–Trinajstić information content (AvgIpc) is 2.71. The van der Waals surface area contributed by atoms with E-state index in [1.165, 1.54) is 44.4 Å². The van der Waals surface area contributed by atoms with Gasteiger partial charge >= 0.3 is 17.9 Å². The highest BCUT2D eigenvalue weighted by Crippen LogP contribution is 2.44. The van der Waals surface area contributed by atoms with Gasteiger partial charge in [-0.1, -0.05) is 12.1 Å². The Balaban J connectivity index is 2.20. The molecule has 2 amide bonds. The second-order valence-electron chi connectivity index (χ2n) is 7.77. The summed E-state index contributed by atoms with van der Waals surface area (Å²) in [5.74, 6) is -2.78. The molecule has 0 aliphatic carbocycles. The lowest BCUT2D eigenvalue weighted by Crippen LogP contribution is -2.73. The molecule has 33 heavy (non-hydrogen) atoms. The van der Waals surface area contributed by atoms with Gasteiger partial charge in [0.15, 0.2) is 18.4 Å². The van der Waals surface area contributed by atoms with E-state index < -0.39 is 54.4 Å². The zero-order valence-corrected chi connectivity index (χ0v) is 19.0. The third kappa shape index (κ3) is 4.82. The highest BCUT2D eigenvalue weighted by atomic mass is 16.6. The number of fused-ring (bicyclic) bond motifs is 2. The molecule has 3 rings (SSSR count). The van der Waals surface area contributed by atoms with Crippen molar-refractivity contribution in [2.75, 3.05) is 16.4 Å². The topological polar surface area (TPSA) is 129 Å². The molecule has 1 fully saturated rings. The SMILES string of the molecule is CC(=O)OC[C@H]1O[C@@H]2[C@H]([C@@H](OC(C)=O)[C@@H]1OC(C)=O)N(C(C)=O)c1ccccc1N2C(C)=O. The second-order valence-corrected chi connectivity index (χ2v) is 7.77. The number of carbonyl (C=O) groups is 5. The van der Waals surface area contributed by atoms with Gasteiger partial charge in [-0.15, -0.1) is 0 Å². The van der Waals surface area contributed by atoms with Gasteiger partial charge in [-0.2, -0.15) is 0 Å². The van der Waals surface area contributed by atoms with Crippen LogP contribution in [0.5, 0.6) is 0 Å². The van der Waals surface area contributed by atoms with E-state index in [4.69, 9.17) is 18.9 Å². The predicted octanol–water partition coefficient (Wildman–Crippen LogP) is 0.926. The Labute approximate surface area is 190 Å². The standard InChI is InChI=1S/C22H26N2O9/c1-11(25)23-16-8-6-7-9-17(16)24(12(2)26)22-19(23)21(32-15(5)29)20(31-14(4)28)18(33-22)10-30-13(3)27/h6-9,18-22H,10H2,1-5H3/t18-,19+,20-,21-,22-/m1/s1. The van der Waals surface area contributed by atoms with Crippen LogP contribution in [0.3, 0.4) is 0 Å². The normalized spacial score (nSPS) is 25.9. The molecule has 0 saturated carbocycles. The van der Waals surface area contributed by atoms with Gasteiger partial charge in [0.05, 0.1) is 11.4 Å². The van der Waals surface area contributed by atoms with Crippen molar-refractivity contribution in [3.8, 4) is 0 Å². The fourth-order valence-corrected chi connectivity index (χ4v) is 4.29. The number of amides is 2. The van der Waals surface area contributed by atoms with Gasteiger partial charge < -0.3 is 18.9 Å². The smallest absolute Gasteiger partial charge is 0.303 e. The number of carbonyl (C=O) groups excluding carboxylic acids is 5. The summed E-state index contributed by atoms with van der Waals surface area (Å²) in [4.78, 5) is 63.6. The van der Waals surface area contributed by atoms with E-state index in [0.29, 0.717) is 11.4 Å². The number of para-hydroxylation sites is 2. The van der Waals surface area contributed by atoms with Crippen LogP contribution in [-0.2, 0) is 42.9 Å². The summed E-state index contributed by atoms with van der Waals surface area (Å²) in [5.41, 5.74) is 0.822. The summed E-state index contributed by atoms with van der Waals surface area (Å²) >= 11 is 0. The van der Waals surface area contributed by atoms with Gasteiger partial charge in [0.1, 0.15) is 18.8 Å². The molecule has 11 nitrogen and oxygen atoms in total. The molecule has 2 aliphatic rings. The molecule has 1 aromatic rings. The monoisotopic (exact) mass is 462 g/mol. The molecule has 0 unspecified atom stereocenters. The first kappa shape index (κ1) is 24.2. The fourth-order valence-electron chi connectivity index (χ4n) is 4.29. The predicted molar refractivity (Wildman–Crippen MR) is 113 cm³/mol. The number of rotatable bonds is 4. The summed E-state index contributed by atoms with van der Waals surface area (Å²) in [6.07, 6.45) is -4.62. The molecular weight excluding hydrogens is 436 g/mol. The number of ether oxygens (including phenoxy) is 4.